The van der Waals surface area contributed by atoms with E-state index in [0.29, 0.717) is 4.68 Å². The molecule has 2 heterocycles. The van der Waals surface area contributed by atoms with Crippen molar-refractivity contribution < 1.29 is 4.79 Å². The van der Waals surface area contributed by atoms with E-state index in [1.807, 2.05) is 0 Å². The lowest BCUT2D eigenvalue weighted by atomic mass is 10.2. The quantitative estimate of drug-likeness (QED) is 0.458. The lowest BCUT2D eigenvalue weighted by molar-refractivity contribution is 0.236. The molecule has 0 amide bonds. The lowest BCUT2D eigenvalue weighted by Gasteiger charge is -2.32. The van der Waals surface area contributed by atoms with Gasteiger partial charge < -0.3 is 0 Å². The van der Waals surface area contributed by atoms with E-state index in [9.17, 15) is 4.79 Å². The average Bonchev–Trinajstić information content (AvgIpc) is 3.14. The zero-order valence-corrected chi connectivity index (χ0v) is 19.1. The Morgan fingerprint density at radius 1 is 0.846 bits per heavy atom. The summed E-state index contributed by atoms with van der Waals surface area (Å²) in [7, 11) is 0. The Bertz CT molecular complexity index is 804. The van der Waals surface area contributed by atoms with Crippen LogP contribution < -0.4 is 0 Å². The normalized spacial score (nSPS) is 13.9. The van der Waals surface area contributed by atoms with Crippen LogP contribution in [0, 0.1) is 0 Å². The number of hydrogen-bond donors (Lipinski definition) is 0. The minimum Gasteiger partial charge on any atom is -0.243 e. The van der Waals surface area contributed by atoms with Crippen LogP contribution in [0.3, 0.4) is 0 Å². The first-order valence-corrected chi connectivity index (χ1v) is 9.67. The van der Waals surface area contributed by atoms with Crippen LogP contribution in [0.4, 0.5) is 4.79 Å². The van der Waals surface area contributed by atoms with Gasteiger partial charge in [-0.3, -0.25) is 0 Å². The first-order chi connectivity index (χ1) is 11.6. The molecule has 7 nitrogen and oxygen atoms in total. The summed E-state index contributed by atoms with van der Waals surface area (Å²) in [6, 6.07) is -0.968. The Morgan fingerprint density at radius 2 is 1.38 bits per heavy atom. The molecule has 2 aromatic rings. The third-order valence-corrected chi connectivity index (χ3v) is 7.49. The van der Waals surface area contributed by atoms with Crippen molar-refractivity contribution in [1.82, 2.24) is 30.0 Å². The first-order valence-electron chi connectivity index (χ1n) is 5.89. The Balaban J connectivity index is 2.79. The van der Waals surface area contributed by atoms with Gasteiger partial charge in [0.15, 0.2) is 0 Å². The first kappa shape index (κ1) is 23.1. The molecule has 0 fully saturated rings. The number of carbonyl (C=O) groups excluding carboxylic acids is 1. The van der Waals surface area contributed by atoms with Gasteiger partial charge in [0.2, 0.25) is 16.3 Å². The topological polar surface area (TPSA) is 78.5 Å². The molecular formula is C9H2Cl10N6O. The van der Waals surface area contributed by atoms with Crippen LogP contribution in [0.1, 0.15) is 11.4 Å². The molecule has 0 bridgehead atoms. The molecule has 26 heavy (non-hydrogen) atoms. The minimum atomic E-state index is -2.46. The zero-order valence-electron chi connectivity index (χ0n) is 11.5. The average molecular weight is 565 g/mol. The zero-order chi connectivity index (χ0) is 20.1. The van der Waals surface area contributed by atoms with E-state index >= 15 is 0 Å². The monoisotopic (exact) mass is 560 g/mol. The summed E-state index contributed by atoms with van der Waals surface area (Å²) in [5.41, 5.74) is -1.09. The van der Waals surface area contributed by atoms with Gasteiger partial charge in [-0.05, 0) is 0 Å². The van der Waals surface area contributed by atoms with E-state index in [4.69, 9.17) is 116 Å². The molecule has 0 radical (unpaired) electrons. The molecule has 0 saturated carbocycles. The van der Waals surface area contributed by atoms with Gasteiger partial charge in [0.1, 0.15) is 11.4 Å². The van der Waals surface area contributed by atoms with Crippen LogP contribution in [0.5, 0.6) is 0 Å². The molecule has 0 spiro atoms. The number of nitrogens with zero attached hydrogens (tertiary/aromatic N) is 6. The summed E-state index contributed by atoms with van der Waals surface area (Å²) in [5, 5.41) is 14.2. The Hall–Kier alpha value is 0.850. The van der Waals surface area contributed by atoms with Gasteiger partial charge in [-0.1, -0.05) is 126 Å². The molecule has 17 heteroatoms. The number of carbonyl (C=O) groups is 1. The van der Waals surface area contributed by atoms with Crippen molar-refractivity contribution in [2.24, 2.45) is 0 Å². The van der Waals surface area contributed by atoms with Crippen molar-refractivity contribution in [1.29, 1.82) is 0 Å². The van der Waals surface area contributed by atoms with Crippen LogP contribution in [-0.2, 0) is 8.67 Å². The maximum Gasteiger partial charge on any atom is 0.372 e. The molecule has 0 N–H and O–H groups in total. The van der Waals surface area contributed by atoms with Crippen LogP contribution in [0.15, 0.2) is 12.4 Å². The van der Waals surface area contributed by atoms with Crippen molar-refractivity contribution in [3.05, 3.63) is 23.8 Å². The van der Waals surface area contributed by atoms with Crippen molar-refractivity contribution in [2.45, 2.75) is 16.3 Å². The van der Waals surface area contributed by atoms with Gasteiger partial charge in [-0.15, -0.1) is 10.2 Å². The highest BCUT2D eigenvalue weighted by atomic mass is 35.6. The highest BCUT2D eigenvalue weighted by Gasteiger charge is 2.59. The van der Waals surface area contributed by atoms with Crippen molar-refractivity contribution >= 4 is 122 Å². The van der Waals surface area contributed by atoms with E-state index in [0.717, 1.165) is 4.68 Å². The summed E-state index contributed by atoms with van der Waals surface area (Å²) in [6.07, 6.45) is 2.41. The van der Waals surface area contributed by atoms with Gasteiger partial charge in [0.05, 0.1) is 12.4 Å². The van der Waals surface area contributed by atoms with Gasteiger partial charge in [0.25, 0.3) is 0 Å². The van der Waals surface area contributed by atoms with E-state index < -0.39 is 33.7 Å². The highest BCUT2D eigenvalue weighted by Crippen LogP contribution is 2.59. The van der Waals surface area contributed by atoms with Crippen LogP contribution >= 0.6 is 116 Å². The number of hydrogen-bond acceptors (Lipinski definition) is 5. The maximum atomic E-state index is 12.6. The van der Waals surface area contributed by atoms with Crippen LogP contribution in [0.25, 0.3) is 0 Å². The molecule has 2 aromatic heterocycles. The second-order valence-electron chi connectivity index (χ2n) is 4.47. The van der Waals surface area contributed by atoms with E-state index in [-0.39, 0.29) is 0 Å². The van der Waals surface area contributed by atoms with Gasteiger partial charge in [-0.2, -0.15) is 9.36 Å². The smallest absolute Gasteiger partial charge is 0.243 e. The molecular weight excluding hydrogens is 563 g/mol. The summed E-state index contributed by atoms with van der Waals surface area (Å²) in [4.78, 5) is 12.6. The fourth-order valence-corrected chi connectivity index (χ4v) is 2.72. The lowest BCUT2D eigenvalue weighted by Crippen LogP contribution is -2.38. The van der Waals surface area contributed by atoms with Crippen molar-refractivity contribution in [3.8, 4) is 0 Å². The molecule has 0 aromatic carbocycles. The summed E-state index contributed by atoms with van der Waals surface area (Å²) in [5.74, 6) is 0. The second-order valence-corrected chi connectivity index (χ2v) is 11.7. The maximum absolute atomic E-state index is 12.6. The highest BCUT2D eigenvalue weighted by molar-refractivity contribution is 6.76. The molecule has 144 valence electrons. The van der Waals surface area contributed by atoms with Gasteiger partial charge >= 0.3 is 6.03 Å². The van der Waals surface area contributed by atoms with Gasteiger partial charge in [-0.25, -0.2) is 4.79 Å². The molecule has 0 saturated heterocycles. The standard InChI is InChI=1S/C9H2Cl10N6O/c10-6(11,8(14,15)16)3-4(7(12,13)9(17,18)19)25(23-21-3)5(26)24-2-1-20-22-24/h1-2H. The predicted octanol–water partition coefficient (Wildman–Crippen LogP) is 5.39. The van der Waals surface area contributed by atoms with Gasteiger partial charge in [0, 0.05) is 0 Å². The summed E-state index contributed by atoms with van der Waals surface area (Å²) in [6.45, 7) is 0. The molecule has 0 aliphatic heterocycles. The summed E-state index contributed by atoms with van der Waals surface area (Å²) >= 11 is 59.3. The minimum absolute atomic E-state index is 0.530. The van der Waals surface area contributed by atoms with E-state index in [1.54, 1.807) is 0 Å². The second kappa shape index (κ2) is 7.59. The number of aromatic nitrogens is 6. The SMILES string of the molecule is O=C(n1ccnn1)n1nnc(C(Cl)(Cl)C(Cl)(Cl)Cl)c1C(Cl)(Cl)C(Cl)(Cl)Cl. The van der Waals surface area contributed by atoms with Crippen molar-refractivity contribution in [2.75, 3.05) is 0 Å². The molecule has 0 unspecified atom stereocenters. The van der Waals surface area contributed by atoms with Crippen molar-refractivity contribution in [3.63, 3.8) is 0 Å². The Kier molecular flexibility index (Phi) is 6.76. The Labute approximate surface area is 195 Å². The third-order valence-electron chi connectivity index (χ3n) is 2.78. The van der Waals surface area contributed by atoms with E-state index in [2.05, 4.69) is 20.6 Å². The molecule has 0 aliphatic carbocycles. The number of halogens is 10. The number of alkyl halides is 10. The number of rotatable bonds is 2. The van der Waals surface area contributed by atoms with E-state index in [1.165, 1.54) is 12.4 Å². The van der Waals surface area contributed by atoms with Crippen LogP contribution in [0.2, 0.25) is 0 Å². The predicted molar refractivity (Wildman–Crippen MR) is 104 cm³/mol. The molecule has 0 atom stereocenters. The fraction of sp³-hybridized carbons (Fsp3) is 0.444. The van der Waals surface area contributed by atoms with Crippen LogP contribution in [-0.4, -0.2) is 43.6 Å². The largest absolute Gasteiger partial charge is 0.372 e. The Morgan fingerprint density at radius 3 is 1.81 bits per heavy atom. The molecule has 2 rings (SSSR count). The molecule has 0 aliphatic rings. The summed E-state index contributed by atoms with van der Waals surface area (Å²) < 4.78 is -8.34. The third kappa shape index (κ3) is 4.08. The fourth-order valence-electron chi connectivity index (χ4n) is 1.58.